The van der Waals surface area contributed by atoms with Crippen LogP contribution in [-0.2, 0) is 38.2 Å². The lowest BCUT2D eigenvalue weighted by Crippen LogP contribution is -2.10. The normalized spacial score (nSPS) is 10.0. The van der Waals surface area contributed by atoms with E-state index in [1.165, 1.54) is 63.2 Å². The van der Waals surface area contributed by atoms with E-state index in [0.29, 0.717) is 22.4 Å². The van der Waals surface area contributed by atoms with Gasteiger partial charge in [0.1, 0.15) is 35.7 Å². The second-order valence-corrected chi connectivity index (χ2v) is 14.4. The van der Waals surface area contributed by atoms with E-state index in [0.717, 1.165) is 12.3 Å². The average molecular weight is 959 g/mol. The van der Waals surface area contributed by atoms with Gasteiger partial charge in [0.25, 0.3) is 0 Å². The first kappa shape index (κ1) is 53.6. The maximum Gasteiger partial charge on any atom is 0.380 e. The largest absolute Gasteiger partial charge is 0.490 e. The Labute approximate surface area is 407 Å². The van der Waals surface area contributed by atoms with Gasteiger partial charge in [-0.2, -0.15) is 8.78 Å². The lowest BCUT2D eigenvalue weighted by atomic mass is 10.0. The minimum atomic E-state index is -1.47. The summed E-state index contributed by atoms with van der Waals surface area (Å²) in [5.41, 5.74) is 1.75. The summed E-state index contributed by atoms with van der Waals surface area (Å²) in [6.45, 7) is 24.4. The monoisotopic (exact) mass is 958 g/mol. The first-order chi connectivity index (χ1) is 33.7. The molecule has 0 radical (unpaired) electrons. The molecule has 0 fully saturated rings. The van der Waals surface area contributed by atoms with Gasteiger partial charge in [-0.25, -0.2) is 28.8 Å². The van der Waals surface area contributed by atoms with Crippen molar-refractivity contribution in [2.45, 2.75) is 20.8 Å². The summed E-state index contributed by atoms with van der Waals surface area (Å²) in [5.74, 6) is 5.52. The topological polar surface area (TPSA) is 167 Å². The van der Waals surface area contributed by atoms with E-state index < -0.39 is 47.5 Å². The molecule has 0 aliphatic carbocycles. The Balaban J connectivity index is 1.77. The first-order valence-electron chi connectivity index (χ1n) is 20.4. The molecule has 0 spiro atoms. The van der Waals surface area contributed by atoms with Crippen molar-refractivity contribution in [3.8, 4) is 64.5 Å². The van der Waals surface area contributed by atoms with Crippen molar-refractivity contribution in [2.24, 2.45) is 0 Å². The number of esters is 6. The van der Waals surface area contributed by atoms with Gasteiger partial charge in [-0.05, 0) is 105 Å². The minimum Gasteiger partial charge on any atom is -0.490 e. The number of halogens is 2. The van der Waals surface area contributed by atoms with Crippen LogP contribution in [0.2, 0.25) is 0 Å². The zero-order chi connectivity index (χ0) is 52.2. The quantitative estimate of drug-likeness (QED) is 0.0343. The predicted octanol–water partition coefficient (Wildman–Crippen LogP) is 9.45. The molecule has 0 amide bonds. The van der Waals surface area contributed by atoms with E-state index in [1.54, 1.807) is 48.6 Å². The van der Waals surface area contributed by atoms with Crippen LogP contribution >= 0.6 is 0 Å². The molecule has 15 heteroatoms. The molecule has 0 unspecified atom stereocenters. The molecule has 4 aromatic rings. The van der Waals surface area contributed by atoms with Gasteiger partial charge in [-0.15, -0.1) is 0 Å². The highest BCUT2D eigenvalue weighted by Gasteiger charge is 2.18. The van der Waals surface area contributed by atoms with Crippen LogP contribution in [-0.4, -0.2) is 42.4 Å². The van der Waals surface area contributed by atoms with E-state index in [2.05, 4.69) is 79.9 Å². The molecule has 0 saturated heterocycles. The second-order valence-electron chi connectivity index (χ2n) is 14.4. The van der Waals surface area contributed by atoms with Crippen LogP contribution in [0.4, 0.5) is 8.78 Å². The smallest absolute Gasteiger partial charge is 0.380 e. The van der Waals surface area contributed by atoms with E-state index in [-0.39, 0.29) is 68.6 Å². The fraction of sp³-hybridized carbons (Fsp3) is 0.0714. The summed E-state index contributed by atoms with van der Waals surface area (Å²) < 4.78 is 63.9. The molecule has 13 nitrogen and oxygen atoms in total. The lowest BCUT2D eigenvalue weighted by molar-refractivity contribution is -0.134. The predicted molar refractivity (Wildman–Crippen MR) is 258 cm³/mol. The van der Waals surface area contributed by atoms with Crippen molar-refractivity contribution in [3.05, 3.63) is 198 Å². The van der Waals surface area contributed by atoms with Gasteiger partial charge in [0.05, 0.1) is 17.4 Å². The van der Waals surface area contributed by atoms with Crippen LogP contribution in [0, 0.1) is 35.7 Å². The lowest BCUT2D eigenvalue weighted by Gasteiger charge is -2.11. The third kappa shape index (κ3) is 17.0. The Morgan fingerprint density at radius 1 is 0.549 bits per heavy atom. The molecule has 0 aromatic heterocycles. The number of hydrogen-bond acceptors (Lipinski definition) is 13. The molecule has 0 heterocycles. The molecule has 0 bridgehead atoms. The Morgan fingerprint density at radius 3 is 1.77 bits per heavy atom. The van der Waals surface area contributed by atoms with Gasteiger partial charge in [0.15, 0.2) is 5.75 Å². The minimum absolute atomic E-state index is 0.0216. The highest BCUT2D eigenvalue weighted by atomic mass is 19.1. The molecule has 0 aliphatic rings. The number of benzene rings is 4. The standard InChI is InChI=1S/C56H40F2O13/c1-10-51(59)68-46-23-19-43(49(33-46)70-54(62)36(6)7)20-24-47-44(26-29-66-52(60)34(2)3)30-41(32-50(47)71-56(64)38(9)58)14-13-40-15-18-42(48(31-40)69-53(61)35(4)5)12-11-27-65-45-21-16-39(17-22-45)25-28-67-55(63)37(8)57/h10-12,15-19,21-23,26,29-33H,1-2,4,6,8-9,27H2,3,5,7H3/b12-11+,29-26+. The Morgan fingerprint density at radius 2 is 1.14 bits per heavy atom. The summed E-state index contributed by atoms with van der Waals surface area (Å²) in [6, 6.07) is 17.9. The first-order valence-corrected chi connectivity index (χ1v) is 20.4. The maximum atomic E-state index is 14.2. The molecule has 0 N–H and O–H groups in total. The van der Waals surface area contributed by atoms with E-state index in [9.17, 15) is 37.5 Å². The SMILES string of the molecule is C=CC(=O)Oc1ccc(C#Cc2c(/C=C/OC(=O)C(=C)C)cc(C#Cc3ccc(/C=C/COc4ccc(C#COC(=O)C(=C)F)cc4)c(OC(=O)C(=C)C)c3)cc2OC(=O)C(=C)F)c(OC(=O)C(=C)C)c1. The third-order valence-corrected chi connectivity index (χ3v) is 8.51. The van der Waals surface area contributed by atoms with Gasteiger partial charge >= 0.3 is 35.8 Å². The molecule has 0 atom stereocenters. The Bertz CT molecular complexity index is 3170. The number of hydrogen-bond donors (Lipinski definition) is 0. The van der Waals surface area contributed by atoms with Gasteiger partial charge in [0.2, 0.25) is 11.7 Å². The maximum absolute atomic E-state index is 14.2. The summed E-state index contributed by atoms with van der Waals surface area (Å²) in [6.07, 6.45) is 8.62. The molecular weight excluding hydrogens is 919 g/mol. The molecule has 4 aromatic carbocycles. The van der Waals surface area contributed by atoms with Crippen LogP contribution in [0.3, 0.4) is 0 Å². The van der Waals surface area contributed by atoms with E-state index >= 15 is 0 Å². The Kier molecular flexibility index (Phi) is 19.4. The number of rotatable bonds is 16. The average Bonchev–Trinajstić information content (AvgIpc) is 3.32. The fourth-order valence-corrected chi connectivity index (χ4v) is 5.02. The molecule has 0 saturated carbocycles. The van der Waals surface area contributed by atoms with Crippen molar-refractivity contribution in [3.63, 3.8) is 0 Å². The fourth-order valence-electron chi connectivity index (χ4n) is 5.02. The van der Waals surface area contributed by atoms with Crippen LogP contribution in [0.1, 0.15) is 59.7 Å². The Hall–Kier alpha value is -10.0. The van der Waals surface area contributed by atoms with Crippen LogP contribution in [0.5, 0.6) is 28.7 Å². The number of carbonyl (C=O) groups excluding carboxylic acids is 6. The van der Waals surface area contributed by atoms with Crippen molar-refractivity contribution >= 4 is 48.0 Å². The molecular formula is C56H40F2O13. The van der Waals surface area contributed by atoms with E-state index in [4.69, 9.17) is 28.4 Å². The number of ether oxygens (including phenoxy) is 7. The summed E-state index contributed by atoms with van der Waals surface area (Å²) in [5, 5.41) is 0. The van der Waals surface area contributed by atoms with Crippen molar-refractivity contribution in [1.29, 1.82) is 0 Å². The highest BCUT2D eigenvalue weighted by molar-refractivity contribution is 5.91. The summed E-state index contributed by atoms with van der Waals surface area (Å²) in [4.78, 5) is 73.3. The second kappa shape index (κ2) is 25.8. The van der Waals surface area contributed by atoms with Crippen LogP contribution in [0.25, 0.3) is 12.2 Å². The van der Waals surface area contributed by atoms with Crippen molar-refractivity contribution < 1.29 is 70.7 Å². The van der Waals surface area contributed by atoms with Crippen molar-refractivity contribution in [2.75, 3.05) is 6.61 Å². The summed E-state index contributed by atoms with van der Waals surface area (Å²) >= 11 is 0. The van der Waals surface area contributed by atoms with Gasteiger partial charge in [-0.3, -0.25) is 0 Å². The molecule has 0 aliphatic heterocycles. The molecule has 71 heavy (non-hydrogen) atoms. The van der Waals surface area contributed by atoms with Crippen LogP contribution in [0.15, 0.2) is 159 Å². The van der Waals surface area contributed by atoms with E-state index in [1.807, 2.05) is 0 Å². The van der Waals surface area contributed by atoms with Gasteiger partial charge in [-0.1, -0.05) is 75.3 Å². The zero-order valence-corrected chi connectivity index (χ0v) is 38.3. The zero-order valence-electron chi connectivity index (χ0n) is 38.3. The van der Waals surface area contributed by atoms with Gasteiger partial charge in [0, 0.05) is 51.1 Å². The molecule has 4 rings (SSSR count). The summed E-state index contributed by atoms with van der Waals surface area (Å²) in [7, 11) is 0. The van der Waals surface area contributed by atoms with Gasteiger partial charge < -0.3 is 33.2 Å². The van der Waals surface area contributed by atoms with Crippen molar-refractivity contribution in [1.82, 2.24) is 0 Å². The number of carbonyl (C=O) groups is 6. The van der Waals surface area contributed by atoms with Crippen LogP contribution < -0.4 is 23.7 Å². The third-order valence-electron chi connectivity index (χ3n) is 8.51. The molecule has 356 valence electrons. The highest BCUT2D eigenvalue weighted by Crippen LogP contribution is 2.30.